The average molecular weight is 309 g/mol. The van der Waals surface area contributed by atoms with Crippen LogP contribution >= 0.6 is 0 Å². The first-order valence-corrected chi connectivity index (χ1v) is 8.56. The zero-order chi connectivity index (χ0) is 15.9. The molecule has 114 valence electrons. The van der Waals surface area contributed by atoms with E-state index in [1.54, 1.807) is 18.2 Å². The lowest BCUT2D eigenvalue weighted by Crippen LogP contribution is -2.26. The highest BCUT2D eigenvalue weighted by atomic mass is 32.2. The fourth-order valence-electron chi connectivity index (χ4n) is 1.72. The highest BCUT2D eigenvalue weighted by molar-refractivity contribution is 7.90. The fourth-order valence-corrected chi connectivity index (χ4v) is 2.39. The first kappa shape index (κ1) is 17.2. The Bertz CT molecular complexity index is 669. The summed E-state index contributed by atoms with van der Waals surface area (Å²) in [5.74, 6) is 5.06. The smallest absolute Gasteiger partial charge is 0.251 e. The van der Waals surface area contributed by atoms with Crippen LogP contribution in [0.15, 0.2) is 18.2 Å². The van der Waals surface area contributed by atoms with Gasteiger partial charge < -0.3 is 10.4 Å². The summed E-state index contributed by atoms with van der Waals surface area (Å²) in [5.41, 5.74) is 1.96. The molecule has 0 unspecified atom stereocenters. The Kier molecular flexibility index (Phi) is 6.40. The van der Waals surface area contributed by atoms with Crippen molar-refractivity contribution in [3.8, 4) is 11.8 Å². The van der Waals surface area contributed by atoms with Gasteiger partial charge in [0, 0.05) is 23.9 Å². The second kappa shape index (κ2) is 7.81. The van der Waals surface area contributed by atoms with Crippen molar-refractivity contribution in [3.63, 3.8) is 0 Å². The van der Waals surface area contributed by atoms with E-state index in [1.165, 1.54) is 6.26 Å². The Morgan fingerprint density at radius 2 is 2.10 bits per heavy atom. The zero-order valence-corrected chi connectivity index (χ0v) is 13.0. The number of hydrogen-bond donors (Lipinski definition) is 2. The highest BCUT2D eigenvalue weighted by Gasteiger charge is 2.09. The SMILES string of the molecule is Cc1ccc(C#CCO)cc1C(=O)NCCCS(C)(=O)=O. The second-order valence-electron chi connectivity index (χ2n) is 4.73. The van der Waals surface area contributed by atoms with Gasteiger partial charge in [-0.2, -0.15) is 0 Å². The summed E-state index contributed by atoms with van der Waals surface area (Å²) >= 11 is 0. The number of sulfone groups is 1. The van der Waals surface area contributed by atoms with Gasteiger partial charge >= 0.3 is 0 Å². The number of aliphatic hydroxyl groups is 1. The number of carbonyl (C=O) groups excluding carboxylic acids is 1. The third kappa shape index (κ3) is 6.43. The van der Waals surface area contributed by atoms with E-state index in [4.69, 9.17) is 5.11 Å². The molecule has 0 bridgehead atoms. The average Bonchev–Trinajstić information content (AvgIpc) is 2.41. The lowest BCUT2D eigenvalue weighted by molar-refractivity contribution is 0.0953. The van der Waals surface area contributed by atoms with Crippen LogP contribution in [0.1, 0.15) is 27.9 Å². The van der Waals surface area contributed by atoms with Crippen LogP contribution in [0.3, 0.4) is 0 Å². The number of carbonyl (C=O) groups is 1. The molecule has 0 fully saturated rings. The standard InChI is InChI=1S/C15H19NO4S/c1-12-6-7-13(5-3-9-17)11-14(12)15(18)16-8-4-10-21(2,19)20/h6-7,11,17H,4,8-10H2,1-2H3,(H,16,18). The number of hydrogen-bond acceptors (Lipinski definition) is 4. The zero-order valence-electron chi connectivity index (χ0n) is 12.1. The molecule has 0 radical (unpaired) electrons. The summed E-state index contributed by atoms with van der Waals surface area (Å²) in [4.78, 5) is 12.1. The molecule has 0 aliphatic carbocycles. The lowest BCUT2D eigenvalue weighted by Gasteiger charge is -2.08. The first-order valence-electron chi connectivity index (χ1n) is 6.50. The Hall–Kier alpha value is -1.84. The van der Waals surface area contributed by atoms with Crippen LogP contribution in [0.5, 0.6) is 0 Å². The molecule has 0 saturated carbocycles. The number of aryl methyl sites for hydroxylation is 1. The number of benzene rings is 1. The topological polar surface area (TPSA) is 83.5 Å². The molecule has 1 aromatic carbocycles. The van der Waals surface area contributed by atoms with Gasteiger partial charge in [0.05, 0.1) is 5.75 Å². The lowest BCUT2D eigenvalue weighted by atomic mass is 10.0. The van der Waals surface area contributed by atoms with Crippen LogP contribution in [-0.4, -0.2) is 44.6 Å². The summed E-state index contributed by atoms with van der Waals surface area (Å²) in [6.45, 7) is 1.88. The molecule has 0 aromatic heterocycles. The van der Waals surface area contributed by atoms with Gasteiger partial charge in [-0.3, -0.25) is 4.79 Å². The van der Waals surface area contributed by atoms with Crippen molar-refractivity contribution in [1.82, 2.24) is 5.32 Å². The number of aliphatic hydroxyl groups excluding tert-OH is 1. The minimum Gasteiger partial charge on any atom is -0.384 e. The Morgan fingerprint density at radius 3 is 2.71 bits per heavy atom. The van der Waals surface area contributed by atoms with E-state index >= 15 is 0 Å². The van der Waals surface area contributed by atoms with Gasteiger partial charge in [-0.25, -0.2) is 8.42 Å². The molecule has 5 nitrogen and oxygen atoms in total. The van der Waals surface area contributed by atoms with Gasteiger partial charge in [0.2, 0.25) is 0 Å². The van der Waals surface area contributed by atoms with Gasteiger partial charge in [-0.1, -0.05) is 17.9 Å². The predicted octanol–water partition coefficient (Wildman–Crippen LogP) is 0.503. The minimum atomic E-state index is -3.01. The molecule has 0 aliphatic rings. The summed E-state index contributed by atoms with van der Waals surface area (Å²) in [6.07, 6.45) is 1.55. The quantitative estimate of drug-likeness (QED) is 0.613. The van der Waals surface area contributed by atoms with Crippen molar-refractivity contribution in [1.29, 1.82) is 0 Å². The van der Waals surface area contributed by atoms with Gasteiger partial charge in [-0.15, -0.1) is 0 Å². The van der Waals surface area contributed by atoms with Crippen molar-refractivity contribution in [2.45, 2.75) is 13.3 Å². The molecule has 0 heterocycles. The van der Waals surface area contributed by atoms with Crippen LogP contribution < -0.4 is 5.32 Å². The van der Waals surface area contributed by atoms with Crippen LogP contribution in [-0.2, 0) is 9.84 Å². The first-order chi connectivity index (χ1) is 9.83. The molecular formula is C15H19NO4S. The van der Waals surface area contributed by atoms with Crippen LogP contribution in [0.4, 0.5) is 0 Å². The summed E-state index contributed by atoms with van der Waals surface area (Å²) < 4.78 is 22.0. The molecule has 2 N–H and O–H groups in total. The maximum absolute atomic E-state index is 12.1. The van der Waals surface area contributed by atoms with Crippen LogP contribution in [0, 0.1) is 18.8 Å². The summed E-state index contributed by atoms with van der Waals surface area (Å²) in [5, 5.41) is 11.4. The maximum atomic E-state index is 12.1. The van der Waals surface area contributed by atoms with Gasteiger partial charge in [0.1, 0.15) is 16.4 Å². The maximum Gasteiger partial charge on any atom is 0.251 e. The van der Waals surface area contributed by atoms with Gasteiger partial charge in [0.25, 0.3) is 5.91 Å². The molecule has 1 amide bonds. The Labute approximate surface area is 125 Å². The van der Waals surface area contributed by atoms with Gasteiger partial charge in [0.15, 0.2) is 0 Å². The molecule has 1 rings (SSSR count). The largest absolute Gasteiger partial charge is 0.384 e. The fraction of sp³-hybridized carbons (Fsp3) is 0.400. The van der Waals surface area contributed by atoms with Gasteiger partial charge in [-0.05, 0) is 31.0 Å². The van der Waals surface area contributed by atoms with E-state index in [1.807, 2.05) is 6.92 Å². The van der Waals surface area contributed by atoms with E-state index in [0.29, 0.717) is 24.1 Å². The molecule has 21 heavy (non-hydrogen) atoms. The number of nitrogens with one attached hydrogen (secondary N) is 1. The highest BCUT2D eigenvalue weighted by Crippen LogP contribution is 2.10. The van der Waals surface area contributed by atoms with Crippen molar-refractivity contribution >= 4 is 15.7 Å². The number of rotatable bonds is 5. The van der Waals surface area contributed by atoms with Crippen LogP contribution in [0.2, 0.25) is 0 Å². The van der Waals surface area contributed by atoms with E-state index in [0.717, 1.165) is 5.56 Å². The Morgan fingerprint density at radius 1 is 1.38 bits per heavy atom. The minimum absolute atomic E-state index is 0.0499. The Balaban J connectivity index is 2.69. The molecule has 0 saturated heterocycles. The number of amides is 1. The second-order valence-corrected chi connectivity index (χ2v) is 6.99. The monoisotopic (exact) mass is 309 g/mol. The third-order valence-corrected chi connectivity index (χ3v) is 3.80. The molecule has 0 atom stereocenters. The van der Waals surface area contributed by atoms with Crippen molar-refractivity contribution in [3.05, 3.63) is 34.9 Å². The molecule has 1 aromatic rings. The van der Waals surface area contributed by atoms with E-state index < -0.39 is 9.84 Å². The molecule has 6 heteroatoms. The summed E-state index contributed by atoms with van der Waals surface area (Å²) in [6, 6.07) is 5.22. The normalized spacial score (nSPS) is 10.6. The van der Waals surface area contributed by atoms with Crippen molar-refractivity contribution in [2.75, 3.05) is 25.2 Å². The van der Waals surface area contributed by atoms with E-state index in [9.17, 15) is 13.2 Å². The van der Waals surface area contributed by atoms with Crippen molar-refractivity contribution in [2.24, 2.45) is 0 Å². The predicted molar refractivity (Wildman–Crippen MR) is 81.8 cm³/mol. The molecular weight excluding hydrogens is 290 g/mol. The third-order valence-electron chi connectivity index (χ3n) is 2.77. The van der Waals surface area contributed by atoms with Crippen LogP contribution in [0.25, 0.3) is 0 Å². The van der Waals surface area contributed by atoms with E-state index in [-0.39, 0.29) is 18.3 Å². The molecule has 0 aliphatic heterocycles. The molecule has 0 spiro atoms. The van der Waals surface area contributed by atoms with E-state index in [2.05, 4.69) is 17.2 Å². The van der Waals surface area contributed by atoms with Crippen molar-refractivity contribution < 1.29 is 18.3 Å². The summed E-state index contributed by atoms with van der Waals surface area (Å²) in [7, 11) is -3.01.